The van der Waals surface area contributed by atoms with Crippen LogP contribution in [0.4, 0.5) is 5.69 Å². The van der Waals surface area contributed by atoms with Crippen molar-refractivity contribution in [2.45, 2.75) is 13.8 Å². The Morgan fingerprint density at radius 3 is 2.19 bits per heavy atom. The number of amides is 1. The van der Waals surface area contributed by atoms with Crippen molar-refractivity contribution < 1.29 is 19.1 Å². The molecule has 2 N–H and O–H groups in total. The number of nitrogens with zero attached hydrogens (tertiary/aromatic N) is 1. The van der Waals surface area contributed by atoms with Gasteiger partial charge in [-0.2, -0.15) is 0 Å². The lowest BCUT2D eigenvalue weighted by Crippen LogP contribution is -2.34. The predicted molar refractivity (Wildman–Crippen MR) is 123 cm³/mol. The number of methoxy groups -OCH3 is 2. The third-order valence-corrected chi connectivity index (χ3v) is 4.91. The number of likely N-dealkylation sites (N-methyl/N-ethyl adjacent to an activating group) is 1. The van der Waals surface area contributed by atoms with E-state index in [1.807, 2.05) is 0 Å². The van der Waals surface area contributed by atoms with Gasteiger partial charge in [-0.15, -0.1) is 0 Å². The van der Waals surface area contributed by atoms with Crippen molar-refractivity contribution >= 4 is 17.4 Å². The fourth-order valence-electron chi connectivity index (χ4n) is 2.99. The number of benzene rings is 2. The van der Waals surface area contributed by atoms with Gasteiger partial charge in [0.2, 0.25) is 0 Å². The Morgan fingerprint density at radius 1 is 0.935 bits per heavy atom. The predicted octanol–water partition coefficient (Wildman–Crippen LogP) is 3.58. The molecule has 0 heterocycles. The maximum absolute atomic E-state index is 12.4. The lowest BCUT2D eigenvalue weighted by Gasteiger charge is -2.17. The highest BCUT2D eigenvalue weighted by Gasteiger charge is 2.09. The minimum absolute atomic E-state index is 0.0992. The second kappa shape index (κ2) is 12.4. The standard InChI is InChI=1S/C24H31N3O4/c1-5-27(6-2)16-15-26-24(29)18-7-10-20(11-8-18)25-14-13-21(28)19-9-12-22(30-3)23(17-19)31-4/h7-14,17,25H,5-6,15-16H2,1-4H3,(H,26,29)/b14-13+. The summed E-state index contributed by atoms with van der Waals surface area (Å²) in [6.45, 7) is 7.59. The van der Waals surface area contributed by atoms with Crippen LogP contribution in [0.3, 0.4) is 0 Å². The lowest BCUT2D eigenvalue weighted by atomic mass is 10.1. The van der Waals surface area contributed by atoms with E-state index in [2.05, 4.69) is 29.4 Å². The summed E-state index contributed by atoms with van der Waals surface area (Å²) in [5, 5.41) is 5.97. The summed E-state index contributed by atoms with van der Waals surface area (Å²) in [6, 6.07) is 12.1. The number of carbonyl (C=O) groups excluding carboxylic acids is 2. The van der Waals surface area contributed by atoms with Crippen LogP contribution in [0.25, 0.3) is 0 Å². The summed E-state index contributed by atoms with van der Waals surface area (Å²) in [5.74, 6) is 0.800. The zero-order valence-electron chi connectivity index (χ0n) is 18.6. The second-order valence-corrected chi connectivity index (χ2v) is 6.77. The van der Waals surface area contributed by atoms with E-state index in [4.69, 9.17) is 9.47 Å². The molecular formula is C24H31N3O4. The van der Waals surface area contributed by atoms with E-state index in [-0.39, 0.29) is 11.7 Å². The average molecular weight is 426 g/mol. The highest BCUT2D eigenvalue weighted by Crippen LogP contribution is 2.27. The van der Waals surface area contributed by atoms with Crippen LogP contribution < -0.4 is 20.1 Å². The number of hydrogen-bond acceptors (Lipinski definition) is 6. The molecule has 31 heavy (non-hydrogen) atoms. The van der Waals surface area contributed by atoms with Crippen molar-refractivity contribution in [3.8, 4) is 11.5 Å². The van der Waals surface area contributed by atoms with E-state index in [0.29, 0.717) is 29.2 Å². The van der Waals surface area contributed by atoms with Crippen molar-refractivity contribution in [3.05, 3.63) is 65.9 Å². The van der Waals surface area contributed by atoms with Gasteiger partial charge in [-0.05, 0) is 55.6 Å². The molecule has 0 aromatic heterocycles. The van der Waals surface area contributed by atoms with Crippen LogP contribution in [0.5, 0.6) is 11.5 Å². The normalized spacial score (nSPS) is 10.9. The highest BCUT2D eigenvalue weighted by atomic mass is 16.5. The van der Waals surface area contributed by atoms with Crippen LogP contribution in [-0.4, -0.2) is 57.0 Å². The van der Waals surface area contributed by atoms with Gasteiger partial charge in [-0.3, -0.25) is 9.59 Å². The van der Waals surface area contributed by atoms with Crippen LogP contribution in [0.15, 0.2) is 54.7 Å². The Morgan fingerprint density at radius 2 is 1.58 bits per heavy atom. The summed E-state index contributed by atoms with van der Waals surface area (Å²) in [7, 11) is 3.07. The number of nitrogens with one attached hydrogen (secondary N) is 2. The van der Waals surface area contributed by atoms with Gasteiger partial charge >= 0.3 is 0 Å². The molecule has 2 aromatic carbocycles. The monoisotopic (exact) mass is 425 g/mol. The molecule has 0 saturated heterocycles. The minimum Gasteiger partial charge on any atom is -0.493 e. The third kappa shape index (κ3) is 7.15. The molecule has 0 aliphatic carbocycles. The number of ether oxygens (including phenoxy) is 2. The van der Waals surface area contributed by atoms with E-state index in [0.717, 1.165) is 25.3 Å². The Balaban J connectivity index is 1.88. The topological polar surface area (TPSA) is 79.9 Å². The molecule has 0 aliphatic heterocycles. The van der Waals surface area contributed by atoms with Crippen LogP contribution in [0, 0.1) is 0 Å². The highest BCUT2D eigenvalue weighted by molar-refractivity contribution is 6.05. The van der Waals surface area contributed by atoms with Crippen molar-refractivity contribution in [2.24, 2.45) is 0 Å². The first kappa shape index (κ1) is 24.0. The summed E-state index contributed by atoms with van der Waals surface area (Å²) in [5.41, 5.74) is 1.86. The van der Waals surface area contributed by atoms with Crippen molar-refractivity contribution in [3.63, 3.8) is 0 Å². The first-order valence-electron chi connectivity index (χ1n) is 10.3. The molecule has 0 aliphatic rings. The lowest BCUT2D eigenvalue weighted by molar-refractivity contribution is 0.0948. The summed E-state index contributed by atoms with van der Waals surface area (Å²) < 4.78 is 10.4. The maximum atomic E-state index is 12.4. The van der Waals surface area contributed by atoms with Gasteiger partial charge in [0.15, 0.2) is 17.3 Å². The Hall–Kier alpha value is -3.32. The van der Waals surface area contributed by atoms with Crippen molar-refractivity contribution in [1.82, 2.24) is 10.2 Å². The molecule has 0 fully saturated rings. The molecule has 166 valence electrons. The van der Waals surface area contributed by atoms with E-state index in [1.165, 1.54) is 13.2 Å². The quantitative estimate of drug-likeness (QED) is 0.400. The molecule has 7 nitrogen and oxygen atoms in total. The third-order valence-electron chi connectivity index (χ3n) is 4.91. The van der Waals surface area contributed by atoms with Crippen molar-refractivity contribution in [1.29, 1.82) is 0 Å². The number of anilines is 1. The van der Waals surface area contributed by atoms with Crippen molar-refractivity contribution in [2.75, 3.05) is 45.7 Å². The van der Waals surface area contributed by atoms with E-state index in [1.54, 1.807) is 55.8 Å². The number of rotatable bonds is 12. The molecule has 0 saturated carbocycles. The molecule has 0 unspecified atom stereocenters. The Bertz CT molecular complexity index is 890. The van der Waals surface area contributed by atoms with Crippen LogP contribution in [0.2, 0.25) is 0 Å². The van der Waals surface area contributed by atoms with Gasteiger partial charge in [0.05, 0.1) is 14.2 Å². The van der Waals surface area contributed by atoms with Gasteiger partial charge in [0.25, 0.3) is 5.91 Å². The summed E-state index contributed by atoms with van der Waals surface area (Å²) in [4.78, 5) is 26.9. The van der Waals surface area contributed by atoms with Gasteiger partial charge in [0, 0.05) is 42.2 Å². The number of ketones is 1. The molecule has 0 spiro atoms. The van der Waals surface area contributed by atoms with Crippen LogP contribution >= 0.6 is 0 Å². The SMILES string of the molecule is CCN(CC)CCNC(=O)c1ccc(N/C=C/C(=O)c2ccc(OC)c(OC)c2)cc1. The summed E-state index contributed by atoms with van der Waals surface area (Å²) in [6.07, 6.45) is 3.01. The molecule has 0 radical (unpaired) electrons. The zero-order valence-corrected chi connectivity index (χ0v) is 18.6. The van der Waals surface area contributed by atoms with Gasteiger partial charge in [0.1, 0.15) is 0 Å². The van der Waals surface area contributed by atoms with Gasteiger partial charge < -0.3 is 25.0 Å². The van der Waals surface area contributed by atoms with Gasteiger partial charge in [-0.1, -0.05) is 13.8 Å². The van der Waals surface area contributed by atoms with E-state index < -0.39 is 0 Å². The maximum Gasteiger partial charge on any atom is 0.251 e. The van der Waals surface area contributed by atoms with E-state index in [9.17, 15) is 9.59 Å². The molecule has 1 amide bonds. The fourth-order valence-corrected chi connectivity index (χ4v) is 2.99. The van der Waals surface area contributed by atoms with Crippen LogP contribution in [-0.2, 0) is 0 Å². The minimum atomic E-state index is -0.169. The molecule has 2 aromatic rings. The molecule has 0 atom stereocenters. The largest absolute Gasteiger partial charge is 0.493 e. The fraction of sp³-hybridized carbons (Fsp3) is 0.333. The second-order valence-electron chi connectivity index (χ2n) is 6.77. The molecule has 2 rings (SSSR count). The van der Waals surface area contributed by atoms with Gasteiger partial charge in [-0.25, -0.2) is 0 Å². The van der Waals surface area contributed by atoms with Crippen LogP contribution in [0.1, 0.15) is 34.6 Å². The Labute approximate surface area is 184 Å². The first-order chi connectivity index (χ1) is 15.0. The Kier molecular flexibility index (Phi) is 9.58. The first-order valence-corrected chi connectivity index (χ1v) is 10.3. The zero-order chi connectivity index (χ0) is 22.6. The van der Waals surface area contributed by atoms with E-state index >= 15 is 0 Å². The number of carbonyl (C=O) groups is 2. The summed E-state index contributed by atoms with van der Waals surface area (Å²) >= 11 is 0. The number of hydrogen-bond donors (Lipinski definition) is 2. The molecule has 7 heteroatoms. The molecule has 0 bridgehead atoms. The smallest absolute Gasteiger partial charge is 0.251 e. The average Bonchev–Trinajstić information content (AvgIpc) is 2.81. The number of allylic oxidation sites excluding steroid dienone is 1. The molecular weight excluding hydrogens is 394 g/mol.